The highest BCUT2D eigenvalue weighted by molar-refractivity contribution is 6.05. The lowest BCUT2D eigenvalue weighted by molar-refractivity contribution is -0.129. The Morgan fingerprint density at radius 3 is 2.56 bits per heavy atom. The number of hydrogen-bond donors (Lipinski definition) is 0. The van der Waals surface area contributed by atoms with Crippen molar-refractivity contribution in [3.8, 4) is 0 Å². The predicted molar refractivity (Wildman–Crippen MR) is 103 cm³/mol. The molecule has 0 N–H and O–H groups in total. The fraction of sp³-hybridized carbons (Fsp3) is 0.400. The molecule has 1 aromatic carbocycles. The molecule has 2 aliphatic heterocycles. The molecule has 3 heterocycles. The summed E-state index contributed by atoms with van der Waals surface area (Å²) in [5.74, 6) is 0.547. The highest BCUT2D eigenvalue weighted by Gasteiger charge is 2.26. The number of benzene rings is 1. The number of aromatic nitrogens is 2. The van der Waals surface area contributed by atoms with Gasteiger partial charge in [-0.05, 0) is 30.5 Å². The lowest BCUT2D eigenvalue weighted by Crippen LogP contribution is -2.48. The molecule has 2 aliphatic rings. The summed E-state index contributed by atoms with van der Waals surface area (Å²) in [5, 5.41) is 0. The van der Waals surface area contributed by atoms with Crippen molar-refractivity contribution in [2.75, 3.05) is 42.5 Å². The molecule has 1 saturated heterocycles. The molecule has 4 rings (SSSR count). The van der Waals surface area contributed by atoms with Gasteiger partial charge in [-0.2, -0.15) is 0 Å². The van der Waals surface area contributed by atoms with Crippen LogP contribution in [0.25, 0.3) is 0 Å². The van der Waals surface area contributed by atoms with E-state index in [0.29, 0.717) is 44.4 Å². The Hall–Kier alpha value is -2.96. The summed E-state index contributed by atoms with van der Waals surface area (Å²) in [6.45, 7) is 4.93. The van der Waals surface area contributed by atoms with Gasteiger partial charge in [0.2, 0.25) is 11.9 Å². The second kappa shape index (κ2) is 7.34. The number of rotatable bonds is 2. The van der Waals surface area contributed by atoms with Crippen LogP contribution < -0.4 is 9.80 Å². The number of piperazine rings is 1. The van der Waals surface area contributed by atoms with Gasteiger partial charge in [-0.25, -0.2) is 9.97 Å². The van der Waals surface area contributed by atoms with Gasteiger partial charge < -0.3 is 14.7 Å². The third-order valence-electron chi connectivity index (χ3n) is 5.23. The van der Waals surface area contributed by atoms with Crippen molar-refractivity contribution in [3.63, 3.8) is 0 Å². The number of fused-ring (bicyclic) bond motifs is 1. The number of carbonyl (C=O) groups is 2. The molecule has 1 aromatic heterocycles. The largest absolute Gasteiger partial charge is 0.339 e. The van der Waals surface area contributed by atoms with E-state index >= 15 is 0 Å². The van der Waals surface area contributed by atoms with Crippen molar-refractivity contribution in [1.82, 2.24) is 14.9 Å². The first-order valence-corrected chi connectivity index (χ1v) is 9.37. The van der Waals surface area contributed by atoms with E-state index in [1.165, 1.54) is 5.56 Å². The number of amides is 2. The maximum atomic E-state index is 13.1. The second-order valence-corrected chi connectivity index (χ2v) is 6.92. The SMILES string of the molecule is CC(=O)N1CCN(c2nccc(C(=O)N3CCCc4ccccc43)n2)CC1. The van der Waals surface area contributed by atoms with E-state index in [-0.39, 0.29) is 11.8 Å². The molecule has 0 atom stereocenters. The van der Waals surface area contributed by atoms with E-state index in [9.17, 15) is 9.59 Å². The zero-order valence-corrected chi connectivity index (χ0v) is 15.5. The van der Waals surface area contributed by atoms with Gasteiger partial charge in [0.1, 0.15) is 5.69 Å². The van der Waals surface area contributed by atoms with Gasteiger partial charge >= 0.3 is 0 Å². The van der Waals surface area contributed by atoms with Crippen molar-refractivity contribution >= 4 is 23.5 Å². The normalized spacial score (nSPS) is 16.9. The highest BCUT2D eigenvalue weighted by Crippen LogP contribution is 2.28. The van der Waals surface area contributed by atoms with E-state index in [1.54, 1.807) is 19.2 Å². The molecule has 2 amide bonds. The number of anilines is 2. The molecule has 0 bridgehead atoms. The molecule has 7 heteroatoms. The summed E-state index contributed by atoms with van der Waals surface area (Å²) >= 11 is 0. The summed E-state index contributed by atoms with van der Waals surface area (Å²) in [6.07, 6.45) is 3.59. The smallest absolute Gasteiger partial charge is 0.277 e. The minimum Gasteiger partial charge on any atom is -0.339 e. The minimum absolute atomic E-state index is 0.0864. The Kier molecular flexibility index (Phi) is 4.75. The summed E-state index contributed by atoms with van der Waals surface area (Å²) in [4.78, 5) is 39.1. The molecule has 7 nitrogen and oxygen atoms in total. The summed E-state index contributed by atoms with van der Waals surface area (Å²) < 4.78 is 0. The zero-order chi connectivity index (χ0) is 18.8. The maximum Gasteiger partial charge on any atom is 0.277 e. The highest BCUT2D eigenvalue weighted by atomic mass is 16.2. The zero-order valence-electron chi connectivity index (χ0n) is 15.5. The van der Waals surface area contributed by atoms with Gasteiger partial charge in [0.05, 0.1) is 0 Å². The number of carbonyl (C=O) groups excluding carboxylic acids is 2. The van der Waals surface area contributed by atoms with Crippen LogP contribution in [0.3, 0.4) is 0 Å². The Bertz CT molecular complexity index is 861. The number of para-hydroxylation sites is 1. The molecular formula is C20H23N5O2. The van der Waals surface area contributed by atoms with Crippen LogP contribution in [0.1, 0.15) is 29.4 Å². The number of nitrogens with zero attached hydrogens (tertiary/aromatic N) is 5. The van der Waals surface area contributed by atoms with E-state index in [4.69, 9.17) is 0 Å². The third kappa shape index (κ3) is 3.49. The fourth-order valence-electron chi connectivity index (χ4n) is 3.72. The van der Waals surface area contributed by atoms with E-state index in [2.05, 4.69) is 16.0 Å². The van der Waals surface area contributed by atoms with Gasteiger partial charge in [-0.3, -0.25) is 9.59 Å². The lowest BCUT2D eigenvalue weighted by Gasteiger charge is -2.34. The van der Waals surface area contributed by atoms with E-state index < -0.39 is 0 Å². The molecule has 0 spiro atoms. The van der Waals surface area contributed by atoms with E-state index in [1.807, 2.05) is 32.9 Å². The topological polar surface area (TPSA) is 69.6 Å². The molecule has 0 saturated carbocycles. The Balaban J connectivity index is 1.53. The average Bonchev–Trinajstić information content (AvgIpc) is 2.73. The van der Waals surface area contributed by atoms with Gasteiger partial charge in [0, 0.05) is 51.5 Å². The van der Waals surface area contributed by atoms with Crippen molar-refractivity contribution < 1.29 is 9.59 Å². The number of aryl methyl sites for hydroxylation is 1. The summed E-state index contributed by atoms with van der Waals surface area (Å²) in [6, 6.07) is 9.72. The summed E-state index contributed by atoms with van der Waals surface area (Å²) in [7, 11) is 0. The Morgan fingerprint density at radius 2 is 1.78 bits per heavy atom. The first kappa shape index (κ1) is 17.5. The molecule has 140 valence electrons. The summed E-state index contributed by atoms with van der Waals surface area (Å²) in [5.41, 5.74) is 2.58. The minimum atomic E-state index is -0.0897. The number of hydrogen-bond acceptors (Lipinski definition) is 5. The van der Waals surface area contributed by atoms with Crippen LogP contribution in [-0.2, 0) is 11.2 Å². The van der Waals surface area contributed by atoms with Crippen LogP contribution in [0, 0.1) is 0 Å². The van der Waals surface area contributed by atoms with Crippen LogP contribution in [0.5, 0.6) is 0 Å². The predicted octanol–water partition coefficient (Wildman–Crippen LogP) is 1.74. The lowest BCUT2D eigenvalue weighted by atomic mass is 10.0. The first-order chi connectivity index (χ1) is 13.1. The van der Waals surface area contributed by atoms with Crippen LogP contribution in [0.15, 0.2) is 36.5 Å². The third-order valence-corrected chi connectivity index (χ3v) is 5.23. The Labute approximate surface area is 158 Å². The second-order valence-electron chi connectivity index (χ2n) is 6.92. The standard InChI is InChI=1S/C20H23N5O2/c1-15(26)23-11-13-24(14-12-23)20-21-9-8-17(22-20)19(27)25-10-4-6-16-5-2-3-7-18(16)25/h2-3,5,7-9H,4,6,10-14H2,1H3. The molecule has 0 aliphatic carbocycles. The van der Waals surface area contributed by atoms with Crippen LogP contribution in [0.4, 0.5) is 11.6 Å². The quantitative estimate of drug-likeness (QED) is 0.811. The van der Waals surface area contributed by atoms with Crippen molar-refractivity contribution in [1.29, 1.82) is 0 Å². The fourth-order valence-corrected chi connectivity index (χ4v) is 3.72. The van der Waals surface area contributed by atoms with Gasteiger partial charge in [-0.1, -0.05) is 18.2 Å². The molecule has 27 heavy (non-hydrogen) atoms. The molecule has 0 unspecified atom stereocenters. The van der Waals surface area contributed by atoms with Gasteiger partial charge in [0.15, 0.2) is 0 Å². The van der Waals surface area contributed by atoms with Gasteiger partial charge in [0.25, 0.3) is 5.91 Å². The average molecular weight is 365 g/mol. The maximum absolute atomic E-state index is 13.1. The van der Waals surface area contributed by atoms with Crippen molar-refractivity contribution in [3.05, 3.63) is 47.8 Å². The van der Waals surface area contributed by atoms with Crippen LogP contribution >= 0.6 is 0 Å². The van der Waals surface area contributed by atoms with Crippen LogP contribution in [-0.4, -0.2) is 59.4 Å². The van der Waals surface area contributed by atoms with Crippen molar-refractivity contribution in [2.24, 2.45) is 0 Å². The molecule has 0 radical (unpaired) electrons. The molecular weight excluding hydrogens is 342 g/mol. The molecule has 1 fully saturated rings. The first-order valence-electron chi connectivity index (χ1n) is 9.37. The monoisotopic (exact) mass is 365 g/mol. The van der Waals surface area contributed by atoms with Gasteiger partial charge in [-0.15, -0.1) is 0 Å². The van der Waals surface area contributed by atoms with Crippen LogP contribution in [0.2, 0.25) is 0 Å². The Morgan fingerprint density at radius 1 is 1.00 bits per heavy atom. The van der Waals surface area contributed by atoms with E-state index in [0.717, 1.165) is 18.5 Å². The van der Waals surface area contributed by atoms with Crippen molar-refractivity contribution in [2.45, 2.75) is 19.8 Å². The molecule has 2 aromatic rings.